The van der Waals surface area contributed by atoms with E-state index in [2.05, 4.69) is 25.8 Å². The average Bonchev–Trinajstić information content (AvgIpc) is 3.22. The molecule has 0 amide bonds. The van der Waals surface area contributed by atoms with Gasteiger partial charge in [-0.15, -0.1) is 34.2 Å². The highest BCUT2D eigenvalue weighted by atomic mass is 127. The van der Waals surface area contributed by atoms with Gasteiger partial charge in [-0.3, -0.25) is 14.5 Å². The first-order valence-corrected chi connectivity index (χ1v) is 10.3. The van der Waals surface area contributed by atoms with E-state index >= 15 is 0 Å². The number of rotatable bonds is 7. The molecule has 1 aliphatic heterocycles. The number of ether oxygens (including phenoxy) is 1. The lowest BCUT2D eigenvalue weighted by Crippen LogP contribution is -2.42. The second-order valence-electron chi connectivity index (χ2n) is 7.36. The van der Waals surface area contributed by atoms with E-state index in [-0.39, 0.29) is 35.8 Å². The number of hydrogen-bond donors (Lipinski definition) is 2. The number of nitrogens with one attached hydrogen (secondary N) is 2. The summed E-state index contributed by atoms with van der Waals surface area (Å²) in [6.45, 7) is 2.29. The molecule has 2 N–H and O–H groups in total. The summed E-state index contributed by atoms with van der Waals surface area (Å²) in [5.74, 6) is 1.40. The highest BCUT2D eigenvalue weighted by Crippen LogP contribution is 2.13. The summed E-state index contributed by atoms with van der Waals surface area (Å²) < 4.78 is 7.72. The summed E-state index contributed by atoms with van der Waals surface area (Å²) >= 11 is 0. The van der Waals surface area contributed by atoms with Gasteiger partial charge in [-0.05, 0) is 37.0 Å². The Bertz CT molecular complexity index is 1050. The van der Waals surface area contributed by atoms with E-state index in [9.17, 15) is 10.1 Å². The fourth-order valence-corrected chi connectivity index (χ4v) is 3.42. The Labute approximate surface area is 202 Å². The molecule has 32 heavy (non-hydrogen) atoms. The Balaban J connectivity index is 0.00000289. The third-order valence-electron chi connectivity index (χ3n) is 5.14. The molecule has 170 valence electrons. The Kier molecular flexibility index (Phi) is 8.73. The Morgan fingerprint density at radius 2 is 2.03 bits per heavy atom. The Morgan fingerprint density at radius 3 is 2.78 bits per heavy atom. The van der Waals surface area contributed by atoms with Crippen molar-refractivity contribution in [1.29, 1.82) is 0 Å². The predicted molar refractivity (Wildman–Crippen MR) is 131 cm³/mol. The van der Waals surface area contributed by atoms with E-state index in [1.165, 1.54) is 18.6 Å². The van der Waals surface area contributed by atoms with E-state index in [0.29, 0.717) is 25.6 Å². The van der Waals surface area contributed by atoms with Crippen molar-refractivity contribution in [3.63, 3.8) is 0 Å². The van der Waals surface area contributed by atoms with E-state index in [4.69, 9.17) is 4.74 Å². The van der Waals surface area contributed by atoms with Crippen LogP contribution in [0.1, 0.15) is 30.7 Å². The Morgan fingerprint density at radius 1 is 1.19 bits per heavy atom. The molecule has 3 heterocycles. The van der Waals surface area contributed by atoms with Crippen molar-refractivity contribution in [2.75, 3.05) is 13.2 Å². The van der Waals surface area contributed by atoms with Crippen molar-refractivity contribution in [2.45, 2.75) is 38.5 Å². The normalized spacial score (nSPS) is 16.4. The molecule has 1 atom stereocenters. The molecule has 2 aromatic heterocycles. The molecule has 0 saturated carbocycles. The van der Waals surface area contributed by atoms with Crippen molar-refractivity contribution in [3.05, 3.63) is 70.2 Å². The van der Waals surface area contributed by atoms with Crippen molar-refractivity contribution in [3.8, 4) is 0 Å². The molecular weight excluding hydrogens is 525 g/mol. The number of nitro benzene ring substituents is 1. The van der Waals surface area contributed by atoms with Gasteiger partial charge in [-0.25, -0.2) is 4.99 Å². The molecule has 1 fully saturated rings. The average molecular weight is 551 g/mol. The van der Waals surface area contributed by atoms with E-state index < -0.39 is 4.92 Å². The molecule has 3 aromatic rings. The number of aromatic nitrogens is 3. The number of nitrogens with zero attached hydrogens (tertiary/aromatic N) is 5. The molecule has 0 aliphatic carbocycles. The number of pyridine rings is 1. The monoisotopic (exact) mass is 551 g/mol. The Hall–Kier alpha value is -2.80. The molecule has 0 radical (unpaired) electrons. The minimum atomic E-state index is -0.408. The number of guanidine groups is 1. The van der Waals surface area contributed by atoms with Crippen LogP contribution >= 0.6 is 24.0 Å². The van der Waals surface area contributed by atoms with E-state index in [1.54, 1.807) is 12.1 Å². The molecular formula is C21H26IN7O3. The van der Waals surface area contributed by atoms with Crippen LogP contribution < -0.4 is 10.6 Å². The van der Waals surface area contributed by atoms with Crippen molar-refractivity contribution >= 4 is 41.3 Å². The lowest BCUT2D eigenvalue weighted by Gasteiger charge is -2.23. The van der Waals surface area contributed by atoms with Gasteiger partial charge in [0.05, 0.1) is 24.1 Å². The number of nitro groups is 1. The van der Waals surface area contributed by atoms with Crippen LogP contribution in [0.15, 0.2) is 53.7 Å². The van der Waals surface area contributed by atoms with Gasteiger partial charge >= 0.3 is 0 Å². The van der Waals surface area contributed by atoms with Gasteiger partial charge in [0.1, 0.15) is 0 Å². The molecule has 1 unspecified atom stereocenters. The zero-order chi connectivity index (χ0) is 21.5. The van der Waals surface area contributed by atoms with Crippen LogP contribution in [0.4, 0.5) is 5.69 Å². The number of aliphatic imine (C=N–C) groups is 1. The van der Waals surface area contributed by atoms with Gasteiger partial charge in [0, 0.05) is 31.5 Å². The van der Waals surface area contributed by atoms with Gasteiger partial charge in [0.2, 0.25) is 0 Å². The van der Waals surface area contributed by atoms with E-state index in [0.717, 1.165) is 36.5 Å². The fraction of sp³-hybridized carbons (Fsp3) is 0.381. The van der Waals surface area contributed by atoms with Gasteiger partial charge in [-0.1, -0.05) is 18.2 Å². The highest BCUT2D eigenvalue weighted by molar-refractivity contribution is 14.0. The van der Waals surface area contributed by atoms with Crippen molar-refractivity contribution in [1.82, 2.24) is 25.2 Å². The quantitative estimate of drug-likeness (QED) is 0.152. The SMILES string of the molecule is I.O=[N+]([O-])c1ccc(CN=C(NCc2nnc3ccccn23)NCC2CCCCO2)cc1. The van der Waals surface area contributed by atoms with Crippen LogP contribution in [0, 0.1) is 10.1 Å². The number of fused-ring (bicyclic) bond motifs is 1. The zero-order valence-corrected chi connectivity index (χ0v) is 19.8. The maximum absolute atomic E-state index is 10.8. The lowest BCUT2D eigenvalue weighted by molar-refractivity contribution is -0.384. The molecule has 0 spiro atoms. The van der Waals surface area contributed by atoms with Crippen LogP contribution in [0.25, 0.3) is 5.65 Å². The van der Waals surface area contributed by atoms with Crippen LogP contribution in [0.5, 0.6) is 0 Å². The first-order chi connectivity index (χ1) is 15.2. The molecule has 1 saturated heterocycles. The summed E-state index contributed by atoms with van der Waals surface area (Å²) in [5.41, 5.74) is 1.73. The van der Waals surface area contributed by atoms with E-state index in [1.807, 2.05) is 28.8 Å². The molecule has 4 rings (SSSR count). The van der Waals surface area contributed by atoms with Crippen LogP contribution in [-0.2, 0) is 17.8 Å². The number of benzene rings is 1. The van der Waals surface area contributed by atoms with Gasteiger partial charge in [0.25, 0.3) is 5.69 Å². The van der Waals surface area contributed by atoms with Crippen molar-refractivity contribution < 1.29 is 9.66 Å². The summed E-state index contributed by atoms with van der Waals surface area (Å²) in [5, 5.41) is 25.9. The summed E-state index contributed by atoms with van der Waals surface area (Å²) in [6, 6.07) is 12.2. The first kappa shape index (κ1) is 23.9. The topological polar surface area (TPSA) is 119 Å². The van der Waals surface area contributed by atoms with Crippen LogP contribution in [0.2, 0.25) is 0 Å². The number of halogens is 1. The third-order valence-corrected chi connectivity index (χ3v) is 5.14. The maximum atomic E-state index is 10.8. The van der Waals surface area contributed by atoms with Gasteiger partial charge in [0.15, 0.2) is 17.4 Å². The smallest absolute Gasteiger partial charge is 0.269 e. The predicted octanol–water partition coefficient (Wildman–Crippen LogP) is 3.06. The van der Waals surface area contributed by atoms with Crippen LogP contribution in [-0.4, -0.2) is 44.7 Å². The molecule has 1 aliphatic rings. The first-order valence-electron chi connectivity index (χ1n) is 10.3. The molecule has 11 heteroatoms. The maximum Gasteiger partial charge on any atom is 0.269 e. The van der Waals surface area contributed by atoms with Crippen LogP contribution in [0.3, 0.4) is 0 Å². The second kappa shape index (κ2) is 11.7. The standard InChI is InChI=1S/C21H25N7O3.HI/c29-28(30)17-9-7-16(8-10-17)13-22-21(23-14-18-5-2-4-12-31-18)24-15-20-26-25-19-6-1-3-11-27(19)20;/h1,3,6-11,18H,2,4-5,12-15H2,(H2,22,23,24);1H. The van der Waals surface area contributed by atoms with Gasteiger partial charge < -0.3 is 15.4 Å². The minimum Gasteiger partial charge on any atom is -0.376 e. The zero-order valence-electron chi connectivity index (χ0n) is 17.5. The third kappa shape index (κ3) is 6.36. The number of hydrogen-bond acceptors (Lipinski definition) is 6. The largest absolute Gasteiger partial charge is 0.376 e. The molecule has 0 bridgehead atoms. The minimum absolute atomic E-state index is 0. The van der Waals surface area contributed by atoms with Crippen molar-refractivity contribution in [2.24, 2.45) is 4.99 Å². The summed E-state index contributed by atoms with van der Waals surface area (Å²) in [4.78, 5) is 15.1. The highest BCUT2D eigenvalue weighted by Gasteiger charge is 2.14. The summed E-state index contributed by atoms with van der Waals surface area (Å²) in [7, 11) is 0. The molecule has 1 aromatic carbocycles. The lowest BCUT2D eigenvalue weighted by atomic mass is 10.1. The summed E-state index contributed by atoms with van der Waals surface area (Å²) in [6.07, 6.45) is 5.38. The molecule has 10 nitrogen and oxygen atoms in total. The number of non-ortho nitro benzene ring substituents is 1. The van der Waals surface area contributed by atoms with Gasteiger partial charge in [-0.2, -0.15) is 0 Å². The second-order valence-corrected chi connectivity index (χ2v) is 7.36. The fourth-order valence-electron chi connectivity index (χ4n) is 3.42.